The number of amides is 1. The summed E-state index contributed by atoms with van der Waals surface area (Å²) in [6, 6.07) is 14.2. The fourth-order valence-corrected chi connectivity index (χ4v) is 4.45. The van der Waals surface area contributed by atoms with Gasteiger partial charge in [0.05, 0.1) is 11.4 Å². The van der Waals surface area contributed by atoms with Crippen molar-refractivity contribution in [3.63, 3.8) is 0 Å². The van der Waals surface area contributed by atoms with Crippen LogP contribution < -0.4 is 4.90 Å². The molecule has 0 radical (unpaired) electrons. The first-order chi connectivity index (χ1) is 13.3. The van der Waals surface area contributed by atoms with E-state index in [-0.39, 0.29) is 17.3 Å². The maximum atomic E-state index is 12.6. The van der Waals surface area contributed by atoms with Gasteiger partial charge < -0.3 is 9.80 Å². The minimum atomic E-state index is -3.73. The second-order valence-corrected chi connectivity index (χ2v) is 9.40. The molecule has 28 heavy (non-hydrogen) atoms. The Bertz CT molecular complexity index is 939. The highest BCUT2D eigenvalue weighted by molar-refractivity contribution is 7.89. The van der Waals surface area contributed by atoms with Crippen LogP contribution in [0.25, 0.3) is 0 Å². The summed E-state index contributed by atoms with van der Waals surface area (Å²) in [5, 5.41) is 0.462. The number of anilines is 1. The molecule has 1 saturated heterocycles. The van der Waals surface area contributed by atoms with Gasteiger partial charge in [-0.2, -0.15) is 4.31 Å². The summed E-state index contributed by atoms with van der Waals surface area (Å²) in [7, 11) is -2.31. The van der Waals surface area contributed by atoms with E-state index >= 15 is 0 Å². The van der Waals surface area contributed by atoms with E-state index in [4.69, 9.17) is 11.6 Å². The lowest BCUT2D eigenvalue weighted by atomic mass is 10.2. The van der Waals surface area contributed by atoms with Crippen molar-refractivity contribution in [1.82, 2.24) is 9.21 Å². The minimum absolute atomic E-state index is 0.122. The molecule has 0 unspecified atom stereocenters. The number of likely N-dealkylation sites (N-methyl/N-ethyl adjacent to an activating group) is 1. The zero-order valence-corrected chi connectivity index (χ0v) is 17.6. The van der Waals surface area contributed by atoms with Crippen LogP contribution in [-0.4, -0.2) is 63.3 Å². The number of halogens is 1. The minimum Gasteiger partial charge on any atom is -0.368 e. The molecule has 0 saturated carbocycles. The van der Waals surface area contributed by atoms with Gasteiger partial charge in [-0.3, -0.25) is 4.79 Å². The van der Waals surface area contributed by atoms with Crippen molar-refractivity contribution in [1.29, 1.82) is 0 Å². The van der Waals surface area contributed by atoms with Crippen LogP contribution in [0.4, 0.5) is 5.69 Å². The molecular formula is C20H24ClN3O3S. The molecule has 0 bridgehead atoms. The molecule has 2 aromatic carbocycles. The first kappa shape index (κ1) is 20.6. The number of piperazine rings is 1. The summed E-state index contributed by atoms with van der Waals surface area (Å²) in [6.07, 6.45) is 0. The Morgan fingerprint density at radius 2 is 1.71 bits per heavy atom. The highest BCUT2D eigenvalue weighted by Crippen LogP contribution is 2.19. The van der Waals surface area contributed by atoms with Crippen LogP contribution in [0.5, 0.6) is 0 Å². The maximum Gasteiger partial charge on any atom is 0.243 e. The van der Waals surface area contributed by atoms with Gasteiger partial charge in [0.25, 0.3) is 0 Å². The number of benzene rings is 2. The van der Waals surface area contributed by atoms with Crippen molar-refractivity contribution < 1.29 is 13.2 Å². The molecule has 8 heteroatoms. The molecule has 3 rings (SSSR count). The number of hydrogen-bond acceptors (Lipinski definition) is 4. The van der Waals surface area contributed by atoms with Gasteiger partial charge in [-0.25, -0.2) is 8.42 Å². The van der Waals surface area contributed by atoms with Gasteiger partial charge in [-0.15, -0.1) is 0 Å². The number of hydrogen-bond donors (Lipinski definition) is 0. The summed E-state index contributed by atoms with van der Waals surface area (Å²) < 4.78 is 26.4. The van der Waals surface area contributed by atoms with E-state index in [1.807, 2.05) is 6.07 Å². The van der Waals surface area contributed by atoms with E-state index in [2.05, 4.69) is 30.0 Å². The van der Waals surface area contributed by atoms with Gasteiger partial charge in [-0.05, 0) is 48.9 Å². The molecule has 0 atom stereocenters. The highest BCUT2D eigenvalue weighted by Gasteiger charge is 2.27. The van der Waals surface area contributed by atoms with Crippen molar-refractivity contribution in [2.24, 2.45) is 0 Å². The van der Waals surface area contributed by atoms with E-state index in [0.717, 1.165) is 23.1 Å². The van der Waals surface area contributed by atoms with E-state index in [0.29, 0.717) is 18.1 Å². The molecule has 6 nitrogen and oxygen atoms in total. The first-order valence-electron chi connectivity index (χ1n) is 9.08. The number of nitrogens with zero attached hydrogens (tertiary/aromatic N) is 3. The lowest BCUT2D eigenvalue weighted by Crippen LogP contribution is -2.51. The Balaban J connectivity index is 1.58. The quantitative estimate of drug-likeness (QED) is 0.744. The third-order valence-electron chi connectivity index (χ3n) is 4.88. The largest absolute Gasteiger partial charge is 0.368 e. The van der Waals surface area contributed by atoms with E-state index in [1.165, 1.54) is 36.9 Å². The van der Waals surface area contributed by atoms with Crippen LogP contribution >= 0.6 is 11.6 Å². The topological polar surface area (TPSA) is 60.9 Å². The first-order valence-corrected chi connectivity index (χ1v) is 10.9. The van der Waals surface area contributed by atoms with Crippen LogP contribution in [0.15, 0.2) is 53.4 Å². The third kappa shape index (κ3) is 4.66. The Morgan fingerprint density at radius 1 is 1.07 bits per heavy atom. The molecule has 1 heterocycles. The molecule has 0 spiro atoms. The summed E-state index contributed by atoms with van der Waals surface area (Å²) >= 11 is 5.82. The van der Waals surface area contributed by atoms with Crippen LogP contribution in [0.3, 0.4) is 0 Å². The number of carbonyl (C=O) groups is 1. The Morgan fingerprint density at radius 3 is 2.32 bits per heavy atom. The van der Waals surface area contributed by atoms with Gasteiger partial charge in [0.2, 0.25) is 15.9 Å². The summed E-state index contributed by atoms with van der Waals surface area (Å²) in [6.45, 7) is 4.46. The van der Waals surface area contributed by atoms with Crippen LogP contribution in [0.2, 0.25) is 5.02 Å². The predicted molar refractivity (Wildman–Crippen MR) is 111 cm³/mol. The smallest absolute Gasteiger partial charge is 0.243 e. The van der Waals surface area contributed by atoms with Gasteiger partial charge in [0.15, 0.2) is 0 Å². The van der Waals surface area contributed by atoms with Crippen molar-refractivity contribution in [3.05, 3.63) is 59.1 Å². The van der Waals surface area contributed by atoms with Gasteiger partial charge >= 0.3 is 0 Å². The standard InChI is InChI=1S/C20H24ClN3O3S/c1-16-4-3-5-18(14-16)23-10-12-24(13-11-23)20(25)15-22(2)28(26,27)19-8-6-17(21)7-9-19/h3-9,14H,10-13,15H2,1-2H3. The van der Waals surface area contributed by atoms with E-state index in [9.17, 15) is 13.2 Å². The second-order valence-electron chi connectivity index (χ2n) is 6.92. The molecule has 2 aromatic rings. The van der Waals surface area contributed by atoms with Gasteiger partial charge in [0.1, 0.15) is 0 Å². The fourth-order valence-electron chi connectivity index (χ4n) is 3.20. The normalized spacial score (nSPS) is 15.1. The van der Waals surface area contributed by atoms with Crippen molar-refractivity contribution >= 4 is 33.2 Å². The Labute approximate surface area is 171 Å². The second kappa shape index (κ2) is 8.51. The molecule has 1 aliphatic heterocycles. The monoisotopic (exact) mass is 421 g/mol. The number of carbonyl (C=O) groups excluding carboxylic acids is 1. The van der Waals surface area contributed by atoms with E-state index in [1.54, 1.807) is 4.90 Å². The average Bonchev–Trinajstić information content (AvgIpc) is 2.68. The molecule has 0 aliphatic carbocycles. The molecule has 1 fully saturated rings. The number of sulfonamides is 1. The lowest BCUT2D eigenvalue weighted by Gasteiger charge is -2.36. The molecule has 1 amide bonds. The molecule has 0 N–H and O–H groups in total. The Hall–Kier alpha value is -2.09. The van der Waals surface area contributed by atoms with Crippen LogP contribution in [-0.2, 0) is 14.8 Å². The summed E-state index contributed by atoms with van der Waals surface area (Å²) in [5.74, 6) is -0.191. The van der Waals surface area contributed by atoms with Crippen LogP contribution in [0.1, 0.15) is 5.56 Å². The molecule has 150 valence electrons. The van der Waals surface area contributed by atoms with Crippen molar-refractivity contribution in [2.45, 2.75) is 11.8 Å². The predicted octanol–water partition coefficient (Wildman–Crippen LogP) is 2.62. The molecular weight excluding hydrogens is 398 g/mol. The fraction of sp³-hybridized carbons (Fsp3) is 0.350. The molecule has 0 aromatic heterocycles. The van der Waals surface area contributed by atoms with Crippen molar-refractivity contribution in [3.8, 4) is 0 Å². The SMILES string of the molecule is Cc1cccc(N2CCN(C(=O)CN(C)S(=O)(=O)c3ccc(Cl)cc3)CC2)c1. The zero-order chi connectivity index (χ0) is 20.3. The molecule has 1 aliphatic rings. The number of rotatable bonds is 5. The zero-order valence-electron chi connectivity index (χ0n) is 16.0. The summed E-state index contributed by atoms with van der Waals surface area (Å²) in [5.41, 5.74) is 2.35. The van der Waals surface area contributed by atoms with Crippen LogP contribution in [0, 0.1) is 6.92 Å². The average molecular weight is 422 g/mol. The maximum absolute atomic E-state index is 12.6. The highest BCUT2D eigenvalue weighted by atomic mass is 35.5. The Kier molecular flexibility index (Phi) is 6.27. The van der Waals surface area contributed by atoms with Crippen molar-refractivity contribution in [2.75, 3.05) is 44.7 Å². The van der Waals surface area contributed by atoms with E-state index < -0.39 is 10.0 Å². The third-order valence-corrected chi connectivity index (χ3v) is 6.95. The summed E-state index contributed by atoms with van der Waals surface area (Å²) in [4.78, 5) is 16.7. The number of aryl methyl sites for hydroxylation is 1. The van der Waals surface area contributed by atoms with Gasteiger partial charge in [0, 0.05) is 43.9 Å². The lowest BCUT2D eigenvalue weighted by molar-refractivity contribution is -0.131. The van der Waals surface area contributed by atoms with Gasteiger partial charge in [-0.1, -0.05) is 23.7 Å².